The molecule has 0 saturated carbocycles. The zero-order chi connectivity index (χ0) is 21.7. The van der Waals surface area contributed by atoms with Crippen LogP contribution < -0.4 is 10.1 Å². The first-order valence-corrected chi connectivity index (χ1v) is 9.91. The number of nitrogens with one attached hydrogen (secondary N) is 1. The number of nitro groups is 1. The lowest BCUT2D eigenvalue weighted by Gasteiger charge is -2.24. The van der Waals surface area contributed by atoms with E-state index in [0.29, 0.717) is 27.9 Å². The Morgan fingerprint density at radius 1 is 1.00 bits per heavy atom. The number of non-ortho nitro benzene ring substituents is 1. The number of nitrogens with zero attached hydrogens (tertiary/aromatic N) is 1. The van der Waals surface area contributed by atoms with E-state index in [1.165, 1.54) is 12.1 Å². The Balaban J connectivity index is 1.86. The van der Waals surface area contributed by atoms with Crippen LogP contribution in [0.2, 0.25) is 10.0 Å². The summed E-state index contributed by atoms with van der Waals surface area (Å²) in [6.07, 6.45) is -0.428. The van der Waals surface area contributed by atoms with Gasteiger partial charge in [-0.25, -0.2) is 0 Å². The van der Waals surface area contributed by atoms with Crippen molar-refractivity contribution < 1.29 is 14.8 Å². The SMILES string of the molecule is COc1ccc(C(O)CC(Nc2ccc([N+](=O)[O-])cc2)c2ccc(Cl)c(Cl)c2)cc1. The molecule has 0 amide bonds. The number of hydrogen-bond donors (Lipinski definition) is 2. The minimum Gasteiger partial charge on any atom is -0.497 e. The molecule has 6 nitrogen and oxygen atoms in total. The van der Waals surface area contributed by atoms with Crippen LogP contribution in [-0.2, 0) is 0 Å². The molecule has 0 aliphatic heterocycles. The highest BCUT2D eigenvalue weighted by atomic mass is 35.5. The number of benzene rings is 3. The maximum Gasteiger partial charge on any atom is 0.269 e. The van der Waals surface area contributed by atoms with Crippen molar-refractivity contribution in [3.63, 3.8) is 0 Å². The molecule has 0 aliphatic rings. The summed E-state index contributed by atoms with van der Waals surface area (Å²) in [4.78, 5) is 10.4. The quantitative estimate of drug-likeness (QED) is 0.318. The van der Waals surface area contributed by atoms with Gasteiger partial charge in [-0.1, -0.05) is 41.4 Å². The molecule has 0 bridgehead atoms. The van der Waals surface area contributed by atoms with E-state index < -0.39 is 11.0 Å². The van der Waals surface area contributed by atoms with E-state index in [1.54, 1.807) is 55.6 Å². The van der Waals surface area contributed by atoms with Crippen LogP contribution in [-0.4, -0.2) is 17.1 Å². The lowest BCUT2D eigenvalue weighted by Crippen LogP contribution is -2.15. The molecule has 0 radical (unpaired) electrons. The molecule has 0 heterocycles. The number of rotatable bonds is 8. The molecular weight excluding hydrogens is 427 g/mol. The fourth-order valence-electron chi connectivity index (χ4n) is 3.07. The number of aliphatic hydroxyl groups excluding tert-OH is 1. The van der Waals surface area contributed by atoms with Gasteiger partial charge in [0.05, 0.1) is 34.2 Å². The monoisotopic (exact) mass is 446 g/mol. The molecule has 3 aromatic rings. The van der Waals surface area contributed by atoms with E-state index >= 15 is 0 Å². The third-order valence-electron chi connectivity index (χ3n) is 4.72. The van der Waals surface area contributed by atoms with E-state index in [4.69, 9.17) is 27.9 Å². The Hall–Kier alpha value is -2.80. The molecule has 30 heavy (non-hydrogen) atoms. The molecule has 0 spiro atoms. The summed E-state index contributed by atoms with van der Waals surface area (Å²) in [7, 11) is 1.58. The average molecular weight is 447 g/mol. The number of anilines is 1. The Morgan fingerprint density at radius 3 is 2.20 bits per heavy atom. The Labute approximate surface area is 184 Å². The summed E-state index contributed by atoms with van der Waals surface area (Å²) in [6, 6.07) is 18.2. The zero-order valence-electron chi connectivity index (χ0n) is 16.1. The summed E-state index contributed by atoms with van der Waals surface area (Å²) < 4.78 is 5.16. The third kappa shape index (κ3) is 5.42. The van der Waals surface area contributed by atoms with Crippen LogP contribution >= 0.6 is 23.2 Å². The first-order chi connectivity index (χ1) is 14.4. The highest BCUT2D eigenvalue weighted by Gasteiger charge is 2.19. The van der Waals surface area contributed by atoms with Gasteiger partial charge in [-0.2, -0.15) is 0 Å². The largest absolute Gasteiger partial charge is 0.497 e. The number of hydrogen-bond acceptors (Lipinski definition) is 5. The summed E-state index contributed by atoms with van der Waals surface area (Å²) in [5.74, 6) is 0.705. The third-order valence-corrected chi connectivity index (χ3v) is 5.46. The molecule has 2 N–H and O–H groups in total. The van der Waals surface area contributed by atoms with Gasteiger partial charge in [-0.05, 0) is 47.5 Å². The first-order valence-electron chi connectivity index (χ1n) is 9.15. The van der Waals surface area contributed by atoms with Crippen molar-refractivity contribution in [3.8, 4) is 5.75 Å². The number of halogens is 2. The molecule has 3 aromatic carbocycles. The van der Waals surface area contributed by atoms with Crippen LogP contribution in [0.5, 0.6) is 5.75 Å². The fraction of sp³-hybridized carbons (Fsp3) is 0.182. The zero-order valence-corrected chi connectivity index (χ0v) is 17.6. The highest BCUT2D eigenvalue weighted by Crippen LogP contribution is 2.33. The topological polar surface area (TPSA) is 84.6 Å². The smallest absolute Gasteiger partial charge is 0.269 e. The fourth-order valence-corrected chi connectivity index (χ4v) is 3.38. The molecule has 8 heteroatoms. The molecule has 0 aromatic heterocycles. The minimum atomic E-state index is -0.763. The normalized spacial score (nSPS) is 12.8. The second-order valence-electron chi connectivity index (χ2n) is 6.70. The maximum absolute atomic E-state index is 10.9. The number of nitro benzene ring substituents is 1. The maximum atomic E-state index is 10.9. The number of aliphatic hydroxyl groups is 1. The van der Waals surface area contributed by atoms with Gasteiger partial charge in [0, 0.05) is 24.2 Å². The van der Waals surface area contributed by atoms with Crippen LogP contribution in [0.3, 0.4) is 0 Å². The van der Waals surface area contributed by atoms with Crippen molar-refractivity contribution in [3.05, 3.63) is 98.0 Å². The number of methoxy groups -OCH3 is 1. The van der Waals surface area contributed by atoms with E-state index in [9.17, 15) is 15.2 Å². The molecule has 2 atom stereocenters. The van der Waals surface area contributed by atoms with Gasteiger partial charge in [0.2, 0.25) is 0 Å². The molecule has 0 saturated heterocycles. The van der Waals surface area contributed by atoms with Crippen LogP contribution in [0.4, 0.5) is 11.4 Å². The molecule has 0 fully saturated rings. The average Bonchev–Trinajstić information content (AvgIpc) is 2.75. The molecule has 2 unspecified atom stereocenters. The molecule has 3 rings (SSSR count). The first kappa shape index (κ1) is 21.9. The van der Waals surface area contributed by atoms with Crippen LogP contribution in [0, 0.1) is 10.1 Å². The van der Waals surface area contributed by atoms with Crippen molar-refractivity contribution in [2.75, 3.05) is 12.4 Å². The number of ether oxygens (including phenoxy) is 1. The minimum absolute atomic E-state index is 0.00454. The summed E-state index contributed by atoms with van der Waals surface area (Å²) in [6.45, 7) is 0. The highest BCUT2D eigenvalue weighted by molar-refractivity contribution is 6.42. The van der Waals surface area contributed by atoms with E-state index in [-0.39, 0.29) is 11.7 Å². The Morgan fingerprint density at radius 2 is 1.63 bits per heavy atom. The van der Waals surface area contributed by atoms with E-state index in [0.717, 1.165) is 11.1 Å². The molecule has 0 aliphatic carbocycles. The van der Waals surface area contributed by atoms with E-state index in [1.807, 2.05) is 6.07 Å². The van der Waals surface area contributed by atoms with Crippen molar-refractivity contribution in [1.29, 1.82) is 0 Å². The van der Waals surface area contributed by atoms with Crippen molar-refractivity contribution in [2.45, 2.75) is 18.6 Å². The van der Waals surface area contributed by atoms with Crippen LogP contribution in [0.1, 0.15) is 29.7 Å². The predicted octanol–water partition coefficient (Wildman–Crippen LogP) is 6.19. The lowest BCUT2D eigenvalue weighted by molar-refractivity contribution is -0.384. The van der Waals surface area contributed by atoms with Crippen molar-refractivity contribution in [2.24, 2.45) is 0 Å². The molecule has 156 valence electrons. The predicted molar refractivity (Wildman–Crippen MR) is 118 cm³/mol. The van der Waals surface area contributed by atoms with Crippen molar-refractivity contribution >= 4 is 34.6 Å². The second kappa shape index (κ2) is 9.80. The van der Waals surface area contributed by atoms with Gasteiger partial charge in [0.25, 0.3) is 5.69 Å². The lowest BCUT2D eigenvalue weighted by atomic mass is 9.96. The van der Waals surface area contributed by atoms with Crippen LogP contribution in [0.25, 0.3) is 0 Å². The Kier molecular flexibility index (Phi) is 7.15. The summed E-state index contributed by atoms with van der Waals surface area (Å²) in [5.41, 5.74) is 2.25. The standard InChI is InChI=1S/C22H20Cl2N2O4/c1-30-18-9-2-14(3-10-18)22(27)13-21(15-4-11-19(23)20(24)12-15)25-16-5-7-17(8-6-16)26(28)29/h2-12,21-22,25,27H,13H2,1H3. The van der Waals surface area contributed by atoms with Gasteiger partial charge < -0.3 is 15.2 Å². The van der Waals surface area contributed by atoms with E-state index in [2.05, 4.69) is 5.32 Å². The Bertz CT molecular complexity index is 1010. The van der Waals surface area contributed by atoms with Gasteiger partial charge in [-0.15, -0.1) is 0 Å². The van der Waals surface area contributed by atoms with Gasteiger partial charge >= 0.3 is 0 Å². The van der Waals surface area contributed by atoms with Crippen molar-refractivity contribution in [1.82, 2.24) is 0 Å². The van der Waals surface area contributed by atoms with Crippen LogP contribution in [0.15, 0.2) is 66.7 Å². The van der Waals surface area contributed by atoms with Gasteiger partial charge in [-0.3, -0.25) is 10.1 Å². The molecular formula is C22H20Cl2N2O4. The summed E-state index contributed by atoms with van der Waals surface area (Å²) >= 11 is 12.2. The van der Waals surface area contributed by atoms with Gasteiger partial charge in [0.1, 0.15) is 5.75 Å². The second-order valence-corrected chi connectivity index (χ2v) is 7.51. The van der Waals surface area contributed by atoms with Gasteiger partial charge in [0.15, 0.2) is 0 Å². The summed E-state index contributed by atoms with van der Waals surface area (Å²) in [5, 5.41) is 25.9.